The first-order chi connectivity index (χ1) is 18.0. The van der Waals surface area contributed by atoms with Crippen LogP contribution in [0.25, 0.3) is 33.8 Å². The number of benzene rings is 3. The van der Waals surface area contributed by atoms with E-state index in [2.05, 4.69) is 26.5 Å². The number of anilines is 1. The molecule has 0 atom stereocenters. The molecule has 2 heterocycles. The lowest BCUT2D eigenvalue weighted by Crippen LogP contribution is -2.19. The number of rotatable bonds is 6. The normalized spacial score (nSPS) is 11.3. The van der Waals surface area contributed by atoms with E-state index in [9.17, 15) is 19.2 Å². The van der Waals surface area contributed by atoms with Gasteiger partial charge in [-0.3, -0.25) is 14.3 Å². The molecule has 0 bridgehead atoms. The molecule has 0 radical (unpaired) electrons. The maximum Gasteiger partial charge on any atom is 0.259 e. The van der Waals surface area contributed by atoms with Crippen molar-refractivity contribution >= 4 is 34.1 Å². The summed E-state index contributed by atoms with van der Waals surface area (Å²) in [5, 5.41) is 17.6. The summed E-state index contributed by atoms with van der Waals surface area (Å²) in [6.07, 6.45) is 3.22. The molecule has 37 heavy (non-hydrogen) atoms. The number of nitrogens with zero attached hydrogens (tertiary/aromatic N) is 4. The lowest BCUT2D eigenvalue weighted by molar-refractivity contribution is -0.116. The summed E-state index contributed by atoms with van der Waals surface area (Å²) >= 11 is 0. The maximum absolute atomic E-state index is 13.2. The van der Waals surface area contributed by atoms with Crippen molar-refractivity contribution in [3.8, 4) is 17.3 Å². The second-order valence-electron chi connectivity index (χ2n) is 8.15. The average molecular weight is 490 g/mol. The Morgan fingerprint density at radius 3 is 2.54 bits per heavy atom. The number of halogens is 1. The van der Waals surface area contributed by atoms with Gasteiger partial charge in [0.2, 0.25) is 5.91 Å². The minimum absolute atomic E-state index is 0.113. The number of fused-ring (bicyclic) bond motifs is 1. The Balaban J connectivity index is 1.52. The molecule has 2 aromatic heterocycles. The largest absolute Gasteiger partial charge is 0.324 e. The van der Waals surface area contributed by atoms with E-state index < -0.39 is 5.82 Å². The van der Waals surface area contributed by atoms with Gasteiger partial charge in [0.1, 0.15) is 18.4 Å². The van der Waals surface area contributed by atoms with E-state index in [0.717, 1.165) is 5.56 Å². The van der Waals surface area contributed by atoms with Crippen LogP contribution in [-0.4, -0.2) is 25.7 Å². The topological polar surface area (TPSA) is 116 Å². The van der Waals surface area contributed by atoms with Gasteiger partial charge in [-0.1, -0.05) is 42.5 Å². The molecule has 8 nitrogen and oxygen atoms in total. The lowest BCUT2D eigenvalue weighted by atomic mass is 10.1. The van der Waals surface area contributed by atoms with Gasteiger partial charge in [0, 0.05) is 23.0 Å². The lowest BCUT2D eigenvalue weighted by Gasteiger charge is -2.05. The number of H-pyrrole nitrogens is 1. The van der Waals surface area contributed by atoms with E-state index >= 15 is 0 Å². The van der Waals surface area contributed by atoms with Crippen LogP contribution in [0.1, 0.15) is 11.4 Å². The zero-order valence-electron chi connectivity index (χ0n) is 19.4. The fourth-order valence-corrected chi connectivity index (χ4v) is 3.85. The molecule has 0 unspecified atom stereocenters. The van der Waals surface area contributed by atoms with Crippen LogP contribution in [-0.2, 0) is 11.3 Å². The zero-order chi connectivity index (χ0) is 25.8. The monoisotopic (exact) mass is 490 g/mol. The Hall–Kier alpha value is -5.36. The van der Waals surface area contributed by atoms with Gasteiger partial charge in [-0.2, -0.15) is 10.4 Å². The second kappa shape index (κ2) is 10.1. The molecule has 9 heteroatoms. The summed E-state index contributed by atoms with van der Waals surface area (Å²) in [5.41, 5.74) is 2.61. The zero-order valence-corrected chi connectivity index (χ0v) is 19.4. The van der Waals surface area contributed by atoms with Crippen LogP contribution in [0.5, 0.6) is 0 Å². The Morgan fingerprint density at radius 2 is 1.78 bits per heavy atom. The molecule has 1 amide bonds. The SMILES string of the molecule is N#CC(=Cc1cn(CC(=O)Nc2ccc(F)cc2)nc1-c1ccccc1)c1nc2ccccc2c(=O)[nH]1. The molecule has 0 saturated carbocycles. The summed E-state index contributed by atoms with van der Waals surface area (Å²) in [6.45, 7) is -0.113. The summed E-state index contributed by atoms with van der Waals surface area (Å²) in [5.74, 6) is -0.623. The molecule has 5 aromatic rings. The highest BCUT2D eigenvalue weighted by molar-refractivity contribution is 5.92. The predicted octanol–water partition coefficient (Wildman–Crippen LogP) is 4.63. The van der Waals surface area contributed by atoms with E-state index in [1.54, 1.807) is 36.5 Å². The van der Waals surface area contributed by atoms with E-state index in [0.29, 0.717) is 27.8 Å². The van der Waals surface area contributed by atoms with Crippen molar-refractivity contribution < 1.29 is 9.18 Å². The summed E-state index contributed by atoms with van der Waals surface area (Å²) in [7, 11) is 0. The number of carbonyl (C=O) groups is 1. The molecular weight excluding hydrogens is 471 g/mol. The molecule has 0 fully saturated rings. The number of aromatic nitrogens is 4. The minimum Gasteiger partial charge on any atom is -0.324 e. The summed E-state index contributed by atoms with van der Waals surface area (Å²) in [6, 6.07) is 23.8. The van der Waals surface area contributed by atoms with Crippen molar-refractivity contribution in [2.24, 2.45) is 0 Å². The minimum atomic E-state index is -0.399. The maximum atomic E-state index is 13.2. The van der Waals surface area contributed by atoms with Crippen molar-refractivity contribution in [1.29, 1.82) is 5.26 Å². The third-order valence-electron chi connectivity index (χ3n) is 5.56. The van der Waals surface area contributed by atoms with Gasteiger partial charge < -0.3 is 10.3 Å². The van der Waals surface area contributed by atoms with E-state index in [1.165, 1.54) is 28.9 Å². The first-order valence-electron chi connectivity index (χ1n) is 11.3. The number of nitriles is 1. The number of carbonyl (C=O) groups excluding carboxylic acids is 1. The van der Waals surface area contributed by atoms with Crippen molar-refractivity contribution in [2.75, 3.05) is 5.32 Å². The molecule has 0 aliphatic carbocycles. The number of allylic oxidation sites excluding steroid dienone is 1. The highest BCUT2D eigenvalue weighted by atomic mass is 19.1. The van der Waals surface area contributed by atoms with E-state index in [4.69, 9.17) is 0 Å². The smallest absolute Gasteiger partial charge is 0.259 e. The summed E-state index contributed by atoms with van der Waals surface area (Å²) in [4.78, 5) is 32.3. The highest BCUT2D eigenvalue weighted by Gasteiger charge is 2.15. The van der Waals surface area contributed by atoms with Crippen molar-refractivity contribution in [3.05, 3.63) is 113 Å². The Bertz CT molecular complexity index is 1730. The van der Waals surface area contributed by atoms with Crippen LogP contribution in [0.4, 0.5) is 10.1 Å². The van der Waals surface area contributed by atoms with Crippen LogP contribution >= 0.6 is 0 Å². The number of para-hydroxylation sites is 1. The quantitative estimate of drug-likeness (QED) is 0.337. The second-order valence-corrected chi connectivity index (χ2v) is 8.15. The van der Waals surface area contributed by atoms with Gasteiger partial charge in [-0.25, -0.2) is 9.37 Å². The number of hydrogen-bond acceptors (Lipinski definition) is 5. The molecular formula is C28H19FN6O2. The molecule has 180 valence electrons. The van der Waals surface area contributed by atoms with Crippen LogP contribution in [0.2, 0.25) is 0 Å². The Labute approximate surface area is 210 Å². The van der Waals surface area contributed by atoms with Gasteiger partial charge in [-0.05, 0) is 42.5 Å². The van der Waals surface area contributed by atoms with E-state index in [-0.39, 0.29) is 29.4 Å². The number of hydrogen-bond donors (Lipinski definition) is 2. The number of nitrogens with one attached hydrogen (secondary N) is 2. The first kappa shape index (κ1) is 23.4. The third kappa shape index (κ3) is 5.18. The molecule has 2 N–H and O–H groups in total. The molecule has 0 aliphatic heterocycles. The first-order valence-corrected chi connectivity index (χ1v) is 11.3. The van der Waals surface area contributed by atoms with Crippen LogP contribution < -0.4 is 10.9 Å². The van der Waals surface area contributed by atoms with Gasteiger partial charge in [0.25, 0.3) is 5.56 Å². The van der Waals surface area contributed by atoms with Crippen LogP contribution in [0.15, 0.2) is 89.9 Å². The van der Waals surface area contributed by atoms with Crippen LogP contribution in [0, 0.1) is 17.1 Å². The standard InChI is InChI=1S/C28H19FN6O2/c29-21-10-12-22(13-11-21)31-25(36)17-35-16-20(26(34-35)18-6-2-1-3-7-18)14-19(15-30)27-32-24-9-5-4-8-23(24)28(37)33-27/h1-14,16H,17H2,(H,31,36)(H,32,33,37). The van der Waals surface area contributed by atoms with Gasteiger partial charge >= 0.3 is 0 Å². The fourth-order valence-electron chi connectivity index (χ4n) is 3.85. The van der Waals surface area contributed by atoms with Gasteiger partial charge in [0.15, 0.2) is 5.82 Å². The van der Waals surface area contributed by atoms with Gasteiger partial charge in [-0.15, -0.1) is 0 Å². The highest BCUT2D eigenvalue weighted by Crippen LogP contribution is 2.26. The molecule has 3 aromatic carbocycles. The fraction of sp³-hybridized carbons (Fsp3) is 0.0357. The summed E-state index contributed by atoms with van der Waals surface area (Å²) < 4.78 is 14.6. The molecule has 0 saturated heterocycles. The Morgan fingerprint density at radius 1 is 1.05 bits per heavy atom. The van der Waals surface area contributed by atoms with Gasteiger partial charge in [0.05, 0.1) is 22.2 Å². The third-order valence-corrected chi connectivity index (χ3v) is 5.56. The average Bonchev–Trinajstić information content (AvgIpc) is 3.31. The molecule has 0 spiro atoms. The van der Waals surface area contributed by atoms with Crippen molar-refractivity contribution in [3.63, 3.8) is 0 Å². The molecule has 5 rings (SSSR count). The van der Waals surface area contributed by atoms with Crippen molar-refractivity contribution in [1.82, 2.24) is 19.7 Å². The number of aromatic amines is 1. The van der Waals surface area contributed by atoms with Crippen LogP contribution in [0.3, 0.4) is 0 Å². The predicted molar refractivity (Wildman–Crippen MR) is 139 cm³/mol. The van der Waals surface area contributed by atoms with E-state index in [1.807, 2.05) is 30.3 Å². The molecule has 0 aliphatic rings. The number of amides is 1. The Kier molecular flexibility index (Phi) is 6.38. The van der Waals surface area contributed by atoms with Crippen molar-refractivity contribution in [2.45, 2.75) is 6.54 Å².